The normalized spacial score (nSPS) is 12.1. The Kier molecular flexibility index (Phi) is 65.6. The number of carbonyl (C=O) groups excluding carboxylic acids is 3. The topological polar surface area (TPSA) is 78.9 Å². The Labute approximate surface area is 487 Å². The van der Waals surface area contributed by atoms with Gasteiger partial charge >= 0.3 is 17.9 Å². The fourth-order valence-electron chi connectivity index (χ4n) is 10.9. The van der Waals surface area contributed by atoms with E-state index in [2.05, 4.69) is 45.1 Å². The molecule has 0 aliphatic carbocycles. The third-order valence-corrected chi connectivity index (χ3v) is 16.2. The van der Waals surface area contributed by atoms with Crippen molar-refractivity contribution in [1.29, 1.82) is 0 Å². The first-order valence-electron chi connectivity index (χ1n) is 35.3. The molecule has 0 N–H and O–H groups in total. The van der Waals surface area contributed by atoms with Gasteiger partial charge in [0.1, 0.15) is 13.2 Å². The summed E-state index contributed by atoms with van der Waals surface area (Å²) in [6.07, 6.45) is 82.6. The van der Waals surface area contributed by atoms with Crippen molar-refractivity contribution in [3.8, 4) is 0 Å². The molecule has 0 amide bonds. The van der Waals surface area contributed by atoms with E-state index in [0.717, 1.165) is 64.2 Å². The Balaban J connectivity index is 3.92. The van der Waals surface area contributed by atoms with Gasteiger partial charge < -0.3 is 14.2 Å². The summed E-state index contributed by atoms with van der Waals surface area (Å²) in [5, 5.41) is 0. The van der Waals surface area contributed by atoms with Gasteiger partial charge in [-0.25, -0.2) is 0 Å². The summed E-state index contributed by atoms with van der Waals surface area (Å²) in [5.41, 5.74) is 0. The van der Waals surface area contributed by atoms with Crippen molar-refractivity contribution >= 4 is 17.9 Å². The highest BCUT2D eigenvalue weighted by Crippen LogP contribution is 2.19. The molecule has 6 heteroatoms. The number of rotatable bonds is 66. The summed E-state index contributed by atoms with van der Waals surface area (Å²) in [6.45, 7) is 6.65. The monoisotopic (exact) mass is 1100 g/mol. The average Bonchev–Trinajstić information content (AvgIpc) is 3.44. The zero-order chi connectivity index (χ0) is 56.4. The summed E-state index contributed by atoms with van der Waals surface area (Å²) in [7, 11) is 0. The zero-order valence-corrected chi connectivity index (χ0v) is 53.0. The first-order valence-corrected chi connectivity index (χ1v) is 35.3. The Hall–Kier alpha value is -2.11. The Morgan fingerprint density at radius 3 is 0.705 bits per heavy atom. The molecule has 0 bridgehead atoms. The number of carbonyl (C=O) groups is 3. The third-order valence-electron chi connectivity index (χ3n) is 16.2. The first kappa shape index (κ1) is 75.9. The van der Waals surface area contributed by atoms with Crippen molar-refractivity contribution in [2.45, 2.75) is 406 Å². The molecule has 0 saturated heterocycles. The van der Waals surface area contributed by atoms with Crippen LogP contribution in [-0.4, -0.2) is 37.2 Å². The molecule has 0 spiro atoms. The molecule has 0 rings (SSSR count). The van der Waals surface area contributed by atoms with Crippen LogP contribution in [0.2, 0.25) is 0 Å². The predicted octanol–water partition coefficient (Wildman–Crippen LogP) is 24.2. The Morgan fingerprint density at radius 2 is 0.462 bits per heavy atom. The van der Waals surface area contributed by atoms with Gasteiger partial charge in [-0.3, -0.25) is 14.4 Å². The van der Waals surface area contributed by atoms with Gasteiger partial charge in [0.15, 0.2) is 6.10 Å². The maximum atomic E-state index is 12.9. The fraction of sp³-hybridized carbons (Fsp3) is 0.903. The van der Waals surface area contributed by atoms with Crippen LogP contribution >= 0.6 is 0 Å². The second-order valence-corrected chi connectivity index (χ2v) is 24.2. The lowest BCUT2D eigenvalue weighted by atomic mass is 10.0. The summed E-state index contributed by atoms with van der Waals surface area (Å²) in [5.74, 6) is -0.844. The molecular weight excluding hydrogens is 961 g/mol. The lowest BCUT2D eigenvalue weighted by Gasteiger charge is -2.18. The van der Waals surface area contributed by atoms with Gasteiger partial charge in [-0.05, 0) is 51.4 Å². The molecule has 460 valence electrons. The maximum absolute atomic E-state index is 12.9. The Morgan fingerprint density at radius 1 is 0.256 bits per heavy atom. The molecule has 6 nitrogen and oxygen atoms in total. The fourth-order valence-corrected chi connectivity index (χ4v) is 10.9. The quantitative estimate of drug-likeness (QED) is 0.0261. The molecule has 0 heterocycles. The van der Waals surface area contributed by atoms with Crippen LogP contribution in [0.25, 0.3) is 0 Å². The molecule has 0 aromatic carbocycles. The molecular formula is C72H136O6. The van der Waals surface area contributed by atoms with Gasteiger partial charge in [0.2, 0.25) is 0 Å². The molecule has 1 atom stereocenters. The van der Waals surface area contributed by atoms with Gasteiger partial charge in [0.05, 0.1) is 0 Å². The van der Waals surface area contributed by atoms with Gasteiger partial charge in [0.25, 0.3) is 0 Å². The first-order chi connectivity index (χ1) is 38.5. The zero-order valence-electron chi connectivity index (χ0n) is 53.0. The highest BCUT2D eigenvalue weighted by Gasteiger charge is 2.19. The average molecular weight is 1100 g/mol. The van der Waals surface area contributed by atoms with E-state index in [1.807, 2.05) is 0 Å². The highest BCUT2D eigenvalue weighted by molar-refractivity contribution is 5.71. The van der Waals surface area contributed by atoms with Crippen LogP contribution in [0.15, 0.2) is 24.3 Å². The molecule has 0 fully saturated rings. The van der Waals surface area contributed by atoms with E-state index in [0.29, 0.717) is 19.3 Å². The maximum Gasteiger partial charge on any atom is 0.306 e. The van der Waals surface area contributed by atoms with Crippen molar-refractivity contribution in [2.24, 2.45) is 0 Å². The van der Waals surface area contributed by atoms with E-state index < -0.39 is 6.10 Å². The van der Waals surface area contributed by atoms with Gasteiger partial charge in [-0.15, -0.1) is 0 Å². The lowest BCUT2D eigenvalue weighted by Crippen LogP contribution is -2.30. The molecule has 0 aromatic heterocycles. The van der Waals surface area contributed by atoms with Crippen LogP contribution < -0.4 is 0 Å². The summed E-state index contributed by atoms with van der Waals surface area (Å²) in [4.78, 5) is 38.1. The van der Waals surface area contributed by atoms with Crippen molar-refractivity contribution in [1.82, 2.24) is 0 Å². The molecule has 0 aliphatic rings. The van der Waals surface area contributed by atoms with Crippen LogP contribution in [0, 0.1) is 0 Å². The predicted molar refractivity (Wildman–Crippen MR) is 340 cm³/mol. The standard InChI is InChI=1S/C72H136O6/c1-4-7-10-13-16-18-20-22-24-26-28-30-31-32-33-34-35-36-37-38-39-40-41-43-44-46-48-50-52-54-56-59-62-65-71(74)77-68-69(67-76-70(73)64-61-58-15-12-9-6-3)78-72(75)66-63-60-57-55-53-51-49-47-45-42-29-27-25-23-21-19-17-14-11-8-5-2/h20,22,26,28,69H,4-19,21,23-25,27,29-68H2,1-3H3/b22-20-,28-26-. The van der Waals surface area contributed by atoms with E-state index >= 15 is 0 Å². The number of unbranched alkanes of at least 4 members (excludes halogenated alkanes) is 51. The lowest BCUT2D eigenvalue weighted by molar-refractivity contribution is -0.167. The number of allylic oxidation sites excluding steroid dienone is 4. The van der Waals surface area contributed by atoms with E-state index in [-0.39, 0.29) is 31.1 Å². The van der Waals surface area contributed by atoms with Crippen LogP contribution in [-0.2, 0) is 28.6 Å². The minimum Gasteiger partial charge on any atom is -0.462 e. The van der Waals surface area contributed by atoms with Gasteiger partial charge in [-0.2, -0.15) is 0 Å². The van der Waals surface area contributed by atoms with Crippen LogP contribution in [0.5, 0.6) is 0 Å². The number of ether oxygens (including phenoxy) is 3. The summed E-state index contributed by atoms with van der Waals surface area (Å²) in [6, 6.07) is 0. The van der Waals surface area contributed by atoms with Crippen LogP contribution in [0.1, 0.15) is 400 Å². The SMILES string of the molecule is CCCCCCC/C=C\C/C=C\CCCCCCCCCCCCCCCCCCCCCCCC(=O)OCC(COC(=O)CCCCCCCC)OC(=O)CCCCCCCCCCCCCCCCCCCCCCC. The van der Waals surface area contributed by atoms with Crippen molar-refractivity contribution in [2.75, 3.05) is 13.2 Å². The van der Waals surface area contributed by atoms with E-state index in [1.54, 1.807) is 0 Å². The highest BCUT2D eigenvalue weighted by atomic mass is 16.6. The van der Waals surface area contributed by atoms with Crippen molar-refractivity contribution < 1.29 is 28.6 Å². The van der Waals surface area contributed by atoms with Crippen molar-refractivity contribution in [3.05, 3.63) is 24.3 Å². The largest absolute Gasteiger partial charge is 0.462 e. The smallest absolute Gasteiger partial charge is 0.306 e. The van der Waals surface area contributed by atoms with Gasteiger partial charge in [0, 0.05) is 19.3 Å². The van der Waals surface area contributed by atoms with Gasteiger partial charge in [-0.1, -0.05) is 353 Å². The van der Waals surface area contributed by atoms with Crippen LogP contribution in [0.4, 0.5) is 0 Å². The molecule has 0 radical (unpaired) electrons. The third kappa shape index (κ3) is 64.7. The molecule has 0 saturated carbocycles. The number of hydrogen-bond donors (Lipinski definition) is 0. The molecule has 0 aromatic rings. The number of hydrogen-bond acceptors (Lipinski definition) is 6. The van der Waals surface area contributed by atoms with Crippen molar-refractivity contribution in [3.63, 3.8) is 0 Å². The van der Waals surface area contributed by atoms with E-state index in [9.17, 15) is 14.4 Å². The molecule has 1 unspecified atom stereocenters. The minimum atomic E-state index is -0.763. The second kappa shape index (κ2) is 67.4. The minimum absolute atomic E-state index is 0.0641. The molecule has 78 heavy (non-hydrogen) atoms. The molecule has 0 aliphatic heterocycles. The van der Waals surface area contributed by atoms with E-state index in [4.69, 9.17) is 14.2 Å². The summed E-state index contributed by atoms with van der Waals surface area (Å²) < 4.78 is 16.9. The van der Waals surface area contributed by atoms with Crippen LogP contribution in [0.3, 0.4) is 0 Å². The van der Waals surface area contributed by atoms with E-state index in [1.165, 1.54) is 295 Å². The second-order valence-electron chi connectivity index (χ2n) is 24.2. The summed E-state index contributed by atoms with van der Waals surface area (Å²) >= 11 is 0. The number of esters is 3. The Bertz CT molecular complexity index is 1260.